The maximum Gasteiger partial charge on any atom is 0.253 e. The average Bonchev–Trinajstić information content (AvgIpc) is 3.05. The first kappa shape index (κ1) is 20.4. The van der Waals surface area contributed by atoms with Gasteiger partial charge in [0, 0.05) is 29.8 Å². The van der Waals surface area contributed by atoms with Crippen molar-refractivity contribution < 1.29 is 9.53 Å². The molecule has 29 heavy (non-hydrogen) atoms. The number of aromatic nitrogens is 1. The first-order valence-electron chi connectivity index (χ1n) is 8.73. The van der Waals surface area contributed by atoms with E-state index in [1.54, 1.807) is 19.4 Å². The molecule has 0 saturated heterocycles. The Labute approximate surface area is 187 Å². The number of fused-ring (bicyclic) bond motifs is 2. The summed E-state index contributed by atoms with van der Waals surface area (Å²) in [7, 11) is 1.56. The van der Waals surface area contributed by atoms with E-state index in [9.17, 15) is 4.79 Å². The lowest BCUT2D eigenvalue weighted by atomic mass is 10.1. The van der Waals surface area contributed by atoms with E-state index in [1.807, 2.05) is 28.8 Å². The second-order valence-electron chi connectivity index (χ2n) is 6.68. The number of ether oxygens (including phenoxy) is 1. The molecular formula is C22H15Cl4NO2. The average molecular weight is 467 g/mol. The molecule has 0 amide bonds. The van der Waals surface area contributed by atoms with Gasteiger partial charge in [0.2, 0.25) is 5.78 Å². The van der Waals surface area contributed by atoms with Gasteiger partial charge in [0.1, 0.15) is 5.75 Å². The monoisotopic (exact) mass is 465 g/mol. The highest BCUT2D eigenvalue weighted by atomic mass is 35.6. The predicted octanol–water partition coefficient (Wildman–Crippen LogP) is 7.06. The van der Waals surface area contributed by atoms with Crippen LogP contribution >= 0.6 is 46.4 Å². The topological polar surface area (TPSA) is 31.2 Å². The quantitative estimate of drug-likeness (QED) is 0.238. The standard InChI is InChI=1S/C22H15Cl4NO2/c1-29-16-9-18(23)20-17(21(28)22(24,25)26)12-27(19(20)10-16)11-13-6-7-14-4-2-3-5-15(14)8-13/h2-10,12H,11H2,1H3. The molecular weight excluding hydrogens is 452 g/mol. The maximum absolute atomic E-state index is 12.7. The molecule has 0 radical (unpaired) electrons. The van der Waals surface area contributed by atoms with Gasteiger partial charge in [0.15, 0.2) is 0 Å². The predicted molar refractivity (Wildman–Crippen MR) is 121 cm³/mol. The number of ketones is 1. The summed E-state index contributed by atoms with van der Waals surface area (Å²) < 4.78 is 5.18. The molecule has 3 nitrogen and oxygen atoms in total. The molecule has 0 atom stereocenters. The summed E-state index contributed by atoms with van der Waals surface area (Å²) in [5, 5.41) is 3.18. The van der Waals surface area contributed by atoms with Crippen molar-refractivity contribution in [1.29, 1.82) is 0 Å². The van der Waals surface area contributed by atoms with Crippen molar-refractivity contribution in [2.45, 2.75) is 10.3 Å². The van der Waals surface area contributed by atoms with Crippen LogP contribution < -0.4 is 4.74 Å². The van der Waals surface area contributed by atoms with Gasteiger partial charge in [-0.3, -0.25) is 4.79 Å². The van der Waals surface area contributed by atoms with E-state index in [-0.39, 0.29) is 5.56 Å². The van der Waals surface area contributed by atoms with Crippen molar-refractivity contribution in [2.24, 2.45) is 0 Å². The van der Waals surface area contributed by atoms with E-state index in [4.69, 9.17) is 51.1 Å². The van der Waals surface area contributed by atoms with Crippen molar-refractivity contribution >= 4 is 73.9 Å². The number of hydrogen-bond acceptors (Lipinski definition) is 2. The summed E-state index contributed by atoms with van der Waals surface area (Å²) >= 11 is 24.1. The minimum Gasteiger partial charge on any atom is -0.497 e. The highest BCUT2D eigenvalue weighted by molar-refractivity contribution is 6.77. The molecule has 0 aliphatic rings. The third-order valence-corrected chi connectivity index (χ3v) is 5.62. The van der Waals surface area contributed by atoms with Gasteiger partial charge in [-0.15, -0.1) is 0 Å². The van der Waals surface area contributed by atoms with Crippen LogP contribution in [-0.2, 0) is 6.54 Å². The lowest BCUT2D eigenvalue weighted by Gasteiger charge is -2.09. The number of carbonyl (C=O) groups excluding carboxylic acids is 1. The first-order valence-corrected chi connectivity index (χ1v) is 10.2. The Morgan fingerprint density at radius 3 is 2.45 bits per heavy atom. The zero-order valence-electron chi connectivity index (χ0n) is 15.3. The van der Waals surface area contributed by atoms with Gasteiger partial charge in [-0.1, -0.05) is 82.8 Å². The normalized spacial score (nSPS) is 11.9. The minimum atomic E-state index is -2.08. The van der Waals surface area contributed by atoms with Crippen LogP contribution in [0.5, 0.6) is 5.75 Å². The minimum absolute atomic E-state index is 0.258. The summed E-state index contributed by atoms with van der Waals surface area (Å²) in [6.45, 7) is 0.512. The number of hydrogen-bond donors (Lipinski definition) is 0. The zero-order valence-corrected chi connectivity index (χ0v) is 18.3. The Balaban J connectivity index is 1.88. The smallest absolute Gasteiger partial charge is 0.253 e. The number of nitrogens with zero attached hydrogens (tertiary/aromatic N) is 1. The SMILES string of the molecule is COc1cc(Cl)c2c(C(=O)C(Cl)(Cl)Cl)cn(Cc3ccc4ccccc4c3)c2c1. The fourth-order valence-corrected chi connectivity index (χ4v) is 4.07. The highest BCUT2D eigenvalue weighted by Gasteiger charge is 2.34. The molecule has 148 valence electrons. The van der Waals surface area contributed by atoms with Crippen LogP contribution in [0.2, 0.25) is 5.02 Å². The van der Waals surface area contributed by atoms with Crippen LogP contribution in [-0.4, -0.2) is 21.3 Å². The number of halogens is 4. The molecule has 4 rings (SSSR count). The third-order valence-electron chi connectivity index (χ3n) is 4.81. The van der Waals surface area contributed by atoms with E-state index < -0.39 is 9.58 Å². The van der Waals surface area contributed by atoms with E-state index in [2.05, 4.69) is 24.3 Å². The molecule has 0 aliphatic carbocycles. The van der Waals surface area contributed by atoms with Crippen molar-refractivity contribution in [1.82, 2.24) is 4.57 Å². The molecule has 0 bridgehead atoms. The molecule has 3 aromatic carbocycles. The molecule has 0 spiro atoms. The van der Waals surface area contributed by atoms with Gasteiger partial charge in [-0.05, 0) is 28.5 Å². The fourth-order valence-electron chi connectivity index (χ4n) is 3.46. The second kappa shape index (κ2) is 7.73. The summed E-state index contributed by atoms with van der Waals surface area (Å²) in [4.78, 5) is 12.7. The zero-order chi connectivity index (χ0) is 20.8. The molecule has 0 N–H and O–H groups in total. The number of carbonyl (C=O) groups is 1. The highest BCUT2D eigenvalue weighted by Crippen LogP contribution is 2.38. The molecule has 1 heterocycles. The number of Topliss-reactive ketones (excluding diaryl/α,β-unsaturated/α-hetero) is 1. The van der Waals surface area contributed by atoms with Gasteiger partial charge in [-0.2, -0.15) is 0 Å². The largest absolute Gasteiger partial charge is 0.497 e. The van der Waals surface area contributed by atoms with Crippen molar-refractivity contribution in [2.75, 3.05) is 7.11 Å². The Hall–Kier alpha value is -1.91. The van der Waals surface area contributed by atoms with E-state index in [0.717, 1.165) is 21.9 Å². The van der Waals surface area contributed by atoms with Crippen LogP contribution in [0, 0.1) is 0 Å². The summed E-state index contributed by atoms with van der Waals surface area (Å²) in [6, 6.07) is 17.8. The van der Waals surface area contributed by atoms with Gasteiger partial charge in [0.05, 0.1) is 17.6 Å². The van der Waals surface area contributed by atoms with E-state index >= 15 is 0 Å². The van der Waals surface area contributed by atoms with Gasteiger partial charge >= 0.3 is 0 Å². The number of rotatable bonds is 4. The summed E-state index contributed by atoms with van der Waals surface area (Å²) in [6.07, 6.45) is 1.68. The number of methoxy groups -OCH3 is 1. The lowest BCUT2D eigenvalue weighted by molar-refractivity contribution is 0.0997. The third kappa shape index (κ3) is 3.93. The van der Waals surface area contributed by atoms with Gasteiger partial charge in [0.25, 0.3) is 3.79 Å². The molecule has 4 aromatic rings. The molecule has 7 heteroatoms. The van der Waals surface area contributed by atoms with E-state index in [1.165, 1.54) is 0 Å². The first-order chi connectivity index (χ1) is 13.8. The lowest BCUT2D eigenvalue weighted by Crippen LogP contribution is -2.18. The van der Waals surface area contributed by atoms with Crippen LogP contribution in [0.3, 0.4) is 0 Å². The molecule has 0 aliphatic heterocycles. The molecule has 0 saturated carbocycles. The van der Waals surface area contributed by atoms with Gasteiger partial charge < -0.3 is 9.30 Å². The van der Waals surface area contributed by atoms with Gasteiger partial charge in [-0.25, -0.2) is 0 Å². The second-order valence-corrected chi connectivity index (χ2v) is 9.37. The molecule has 1 aromatic heterocycles. The van der Waals surface area contributed by atoms with E-state index in [0.29, 0.717) is 22.7 Å². The summed E-state index contributed by atoms with van der Waals surface area (Å²) in [5.41, 5.74) is 2.04. The van der Waals surface area contributed by atoms with Crippen LogP contribution in [0.1, 0.15) is 15.9 Å². The van der Waals surface area contributed by atoms with Crippen molar-refractivity contribution in [3.63, 3.8) is 0 Å². The number of alkyl halides is 3. The van der Waals surface area contributed by atoms with Crippen LogP contribution in [0.15, 0.2) is 60.8 Å². The molecule has 0 fully saturated rings. The van der Waals surface area contributed by atoms with Crippen LogP contribution in [0.25, 0.3) is 21.7 Å². The maximum atomic E-state index is 12.7. The Bertz CT molecular complexity index is 1240. The molecule has 0 unspecified atom stereocenters. The Morgan fingerprint density at radius 1 is 1.03 bits per heavy atom. The van der Waals surface area contributed by atoms with Crippen LogP contribution in [0.4, 0.5) is 0 Å². The van der Waals surface area contributed by atoms with Crippen molar-refractivity contribution in [3.8, 4) is 5.75 Å². The number of benzene rings is 3. The fraction of sp³-hybridized carbons (Fsp3) is 0.136. The summed E-state index contributed by atoms with van der Waals surface area (Å²) in [5.74, 6) is -0.0509. The Kier molecular flexibility index (Phi) is 5.43. The Morgan fingerprint density at radius 2 is 1.76 bits per heavy atom. The van der Waals surface area contributed by atoms with Crippen molar-refractivity contribution in [3.05, 3.63) is 76.9 Å².